The van der Waals surface area contributed by atoms with Crippen LogP contribution in [0.15, 0.2) is 18.2 Å². The molecule has 0 aliphatic carbocycles. The van der Waals surface area contributed by atoms with E-state index in [1.807, 2.05) is 0 Å². The van der Waals surface area contributed by atoms with Crippen LogP contribution >= 0.6 is 0 Å². The molecule has 1 aliphatic heterocycles. The molecule has 1 aliphatic rings. The van der Waals surface area contributed by atoms with Gasteiger partial charge < -0.3 is 14.8 Å². The van der Waals surface area contributed by atoms with E-state index in [4.69, 9.17) is 14.7 Å². The monoisotopic (exact) mass is 232 g/mol. The highest BCUT2D eigenvalue weighted by Crippen LogP contribution is 2.28. The van der Waals surface area contributed by atoms with Crippen molar-refractivity contribution in [1.82, 2.24) is 5.32 Å². The molecule has 2 rings (SSSR count). The summed E-state index contributed by atoms with van der Waals surface area (Å²) >= 11 is 0. The molecular weight excluding hydrogens is 216 g/mol. The first-order chi connectivity index (χ1) is 8.33. The van der Waals surface area contributed by atoms with Crippen molar-refractivity contribution in [2.75, 3.05) is 20.3 Å². The van der Waals surface area contributed by atoms with Crippen LogP contribution < -0.4 is 14.8 Å². The SMILES string of the molecule is COc1cc(C#N)ccc1OCC1CCCN1. The molecular formula is C13H16N2O2. The molecule has 90 valence electrons. The van der Waals surface area contributed by atoms with Crippen molar-refractivity contribution in [3.05, 3.63) is 23.8 Å². The van der Waals surface area contributed by atoms with Gasteiger partial charge in [-0.2, -0.15) is 5.26 Å². The topological polar surface area (TPSA) is 54.3 Å². The Morgan fingerprint density at radius 3 is 3.00 bits per heavy atom. The van der Waals surface area contributed by atoms with E-state index in [0.717, 1.165) is 13.0 Å². The van der Waals surface area contributed by atoms with E-state index in [1.54, 1.807) is 25.3 Å². The molecule has 4 nitrogen and oxygen atoms in total. The van der Waals surface area contributed by atoms with Crippen LogP contribution in [0.5, 0.6) is 11.5 Å². The second-order valence-electron chi connectivity index (χ2n) is 4.08. The third kappa shape index (κ3) is 2.89. The van der Waals surface area contributed by atoms with Gasteiger partial charge in [-0.05, 0) is 31.5 Å². The summed E-state index contributed by atoms with van der Waals surface area (Å²) in [6.45, 7) is 1.71. The van der Waals surface area contributed by atoms with E-state index in [2.05, 4.69) is 11.4 Å². The zero-order chi connectivity index (χ0) is 12.1. The van der Waals surface area contributed by atoms with Crippen molar-refractivity contribution >= 4 is 0 Å². The van der Waals surface area contributed by atoms with Gasteiger partial charge in [-0.15, -0.1) is 0 Å². The first-order valence-electron chi connectivity index (χ1n) is 5.78. The average molecular weight is 232 g/mol. The van der Waals surface area contributed by atoms with Crippen molar-refractivity contribution in [3.63, 3.8) is 0 Å². The number of hydrogen-bond donors (Lipinski definition) is 1. The van der Waals surface area contributed by atoms with Gasteiger partial charge in [-0.3, -0.25) is 0 Å². The number of benzene rings is 1. The summed E-state index contributed by atoms with van der Waals surface area (Å²) in [5.74, 6) is 1.31. The largest absolute Gasteiger partial charge is 0.493 e. The lowest BCUT2D eigenvalue weighted by atomic mass is 10.2. The Bertz CT molecular complexity index is 420. The maximum Gasteiger partial charge on any atom is 0.162 e. The van der Waals surface area contributed by atoms with E-state index in [9.17, 15) is 0 Å². The van der Waals surface area contributed by atoms with E-state index in [0.29, 0.717) is 29.7 Å². The quantitative estimate of drug-likeness (QED) is 0.858. The highest BCUT2D eigenvalue weighted by Gasteiger charge is 2.15. The van der Waals surface area contributed by atoms with Crippen molar-refractivity contribution in [2.24, 2.45) is 0 Å². The Morgan fingerprint density at radius 1 is 1.47 bits per heavy atom. The van der Waals surface area contributed by atoms with Crippen molar-refractivity contribution in [3.8, 4) is 17.6 Å². The molecule has 1 aromatic rings. The Morgan fingerprint density at radius 2 is 2.35 bits per heavy atom. The van der Waals surface area contributed by atoms with Gasteiger partial charge >= 0.3 is 0 Å². The van der Waals surface area contributed by atoms with Crippen LogP contribution in [0.2, 0.25) is 0 Å². The Hall–Kier alpha value is -1.73. The van der Waals surface area contributed by atoms with Crippen molar-refractivity contribution in [1.29, 1.82) is 5.26 Å². The predicted octanol–water partition coefficient (Wildman–Crippen LogP) is 1.70. The number of nitriles is 1. The maximum atomic E-state index is 8.79. The molecule has 1 saturated heterocycles. The first kappa shape index (κ1) is 11.7. The molecule has 0 spiro atoms. The molecule has 4 heteroatoms. The lowest BCUT2D eigenvalue weighted by molar-refractivity contribution is 0.262. The maximum absolute atomic E-state index is 8.79. The molecule has 0 saturated carbocycles. The molecule has 1 aromatic carbocycles. The fourth-order valence-electron chi connectivity index (χ4n) is 1.95. The molecule has 1 atom stereocenters. The first-order valence-corrected chi connectivity index (χ1v) is 5.78. The van der Waals surface area contributed by atoms with Crippen LogP contribution in [0.25, 0.3) is 0 Å². The molecule has 0 amide bonds. The van der Waals surface area contributed by atoms with E-state index >= 15 is 0 Å². The molecule has 17 heavy (non-hydrogen) atoms. The van der Waals surface area contributed by atoms with Gasteiger partial charge in [0.15, 0.2) is 11.5 Å². The Labute approximate surface area is 101 Å². The second kappa shape index (κ2) is 5.55. The molecule has 0 aromatic heterocycles. The van der Waals surface area contributed by atoms with Crippen LogP contribution in [-0.2, 0) is 0 Å². The highest BCUT2D eigenvalue weighted by molar-refractivity contribution is 5.46. The molecule has 0 bridgehead atoms. The van der Waals surface area contributed by atoms with Gasteiger partial charge in [0, 0.05) is 12.1 Å². The summed E-state index contributed by atoms with van der Waals surface area (Å²) in [5, 5.41) is 12.2. The molecule has 1 N–H and O–H groups in total. The number of nitrogens with one attached hydrogen (secondary N) is 1. The smallest absolute Gasteiger partial charge is 0.162 e. The zero-order valence-corrected chi connectivity index (χ0v) is 9.90. The molecule has 1 heterocycles. The van der Waals surface area contributed by atoms with Crippen molar-refractivity contribution < 1.29 is 9.47 Å². The zero-order valence-electron chi connectivity index (χ0n) is 9.90. The minimum atomic E-state index is 0.426. The molecule has 1 fully saturated rings. The van der Waals surface area contributed by atoms with Gasteiger partial charge in [0.2, 0.25) is 0 Å². The van der Waals surface area contributed by atoms with Gasteiger partial charge in [-0.1, -0.05) is 0 Å². The summed E-state index contributed by atoms with van der Waals surface area (Å²) in [5.41, 5.74) is 0.577. The van der Waals surface area contributed by atoms with Crippen LogP contribution in [0, 0.1) is 11.3 Å². The lowest BCUT2D eigenvalue weighted by Crippen LogP contribution is -2.28. The van der Waals surface area contributed by atoms with Crippen LogP contribution in [0.1, 0.15) is 18.4 Å². The predicted molar refractivity (Wildman–Crippen MR) is 64.2 cm³/mol. The van der Waals surface area contributed by atoms with E-state index < -0.39 is 0 Å². The van der Waals surface area contributed by atoms with Crippen molar-refractivity contribution in [2.45, 2.75) is 18.9 Å². The Balaban J connectivity index is 2.01. The summed E-state index contributed by atoms with van der Waals surface area (Å²) < 4.78 is 10.9. The minimum absolute atomic E-state index is 0.426. The van der Waals surface area contributed by atoms with Gasteiger partial charge in [0.1, 0.15) is 6.61 Å². The number of rotatable bonds is 4. The number of hydrogen-bond acceptors (Lipinski definition) is 4. The molecule has 0 radical (unpaired) electrons. The van der Waals surface area contributed by atoms with Crippen LogP contribution in [-0.4, -0.2) is 26.3 Å². The lowest BCUT2D eigenvalue weighted by Gasteiger charge is -2.14. The van der Waals surface area contributed by atoms with Gasteiger partial charge in [0.05, 0.1) is 18.7 Å². The third-order valence-corrected chi connectivity index (χ3v) is 2.90. The number of ether oxygens (including phenoxy) is 2. The second-order valence-corrected chi connectivity index (χ2v) is 4.08. The highest BCUT2D eigenvalue weighted by atomic mass is 16.5. The normalized spacial score (nSPS) is 18.7. The van der Waals surface area contributed by atoms with E-state index in [-0.39, 0.29) is 0 Å². The van der Waals surface area contributed by atoms with Crippen LogP contribution in [0.3, 0.4) is 0 Å². The Kier molecular flexibility index (Phi) is 3.84. The number of nitrogens with zero attached hydrogens (tertiary/aromatic N) is 1. The van der Waals surface area contributed by atoms with Gasteiger partial charge in [0.25, 0.3) is 0 Å². The molecule has 1 unspecified atom stereocenters. The summed E-state index contributed by atoms with van der Waals surface area (Å²) in [6.07, 6.45) is 2.36. The fraction of sp³-hybridized carbons (Fsp3) is 0.462. The number of methoxy groups -OCH3 is 1. The van der Waals surface area contributed by atoms with Crippen LogP contribution in [0.4, 0.5) is 0 Å². The minimum Gasteiger partial charge on any atom is -0.493 e. The summed E-state index contributed by atoms with van der Waals surface area (Å²) in [7, 11) is 1.58. The summed E-state index contributed by atoms with van der Waals surface area (Å²) in [6, 6.07) is 7.72. The van der Waals surface area contributed by atoms with E-state index in [1.165, 1.54) is 6.42 Å². The average Bonchev–Trinajstić information content (AvgIpc) is 2.89. The van der Waals surface area contributed by atoms with Gasteiger partial charge in [-0.25, -0.2) is 0 Å². The summed E-state index contributed by atoms with van der Waals surface area (Å²) in [4.78, 5) is 0. The standard InChI is InChI=1S/C13H16N2O2/c1-16-13-7-10(8-14)4-5-12(13)17-9-11-3-2-6-15-11/h4-5,7,11,15H,2-3,6,9H2,1H3. The third-order valence-electron chi connectivity index (χ3n) is 2.90. The fourth-order valence-corrected chi connectivity index (χ4v) is 1.95.